The third-order valence-corrected chi connectivity index (χ3v) is 4.91. The maximum absolute atomic E-state index is 12.4. The Morgan fingerprint density at radius 1 is 1.45 bits per heavy atom. The molecule has 20 heavy (non-hydrogen) atoms. The van der Waals surface area contributed by atoms with Crippen LogP contribution in [0.3, 0.4) is 0 Å². The van der Waals surface area contributed by atoms with Gasteiger partial charge in [-0.05, 0) is 44.0 Å². The highest BCUT2D eigenvalue weighted by Crippen LogP contribution is 2.22. The molecule has 0 saturated heterocycles. The van der Waals surface area contributed by atoms with E-state index in [2.05, 4.69) is 10.0 Å². The summed E-state index contributed by atoms with van der Waals surface area (Å²) in [5, 5.41) is 3.25. The van der Waals surface area contributed by atoms with Crippen LogP contribution in [0.2, 0.25) is 0 Å². The molecule has 1 atom stereocenters. The summed E-state index contributed by atoms with van der Waals surface area (Å²) in [6.45, 7) is 6.16. The largest absolute Gasteiger partial charge is 0.377 e. The van der Waals surface area contributed by atoms with Crippen LogP contribution in [0, 0.1) is 0 Å². The smallest absolute Gasteiger partial charge is 0.240 e. The van der Waals surface area contributed by atoms with Gasteiger partial charge in [0.1, 0.15) is 0 Å². The molecule has 5 nitrogen and oxygen atoms in total. The Hall–Kier alpha value is -0.950. The van der Waals surface area contributed by atoms with E-state index in [0.29, 0.717) is 11.5 Å². The Morgan fingerprint density at radius 3 is 3.00 bits per heavy atom. The molecule has 1 aromatic rings. The molecule has 1 aliphatic heterocycles. The van der Waals surface area contributed by atoms with Crippen molar-refractivity contribution in [2.24, 2.45) is 0 Å². The minimum absolute atomic E-state index is 0.129. The van der Waals surface area contributed by atoms with Crippen LogP contribution in [0.4, 0.5) is 0 Å². The van der Waals surface area contributed by atoms with Crippen molar-refractivity contribution in [2.75, 3.05) is 19.7 Å². The minimum Gasteiger partial charge on any atom is -0.377 e. The zero-order chi connectivity index (χ0) is 14.6. The standard InChI is InChI=1S/C14H22N2O3S/c1-3-19-11(2)9-16-20(17,18)14-6-4-5-12-10-15-8-7-13(12)14/h4-6,11,15-16H,3,7-10H2,1-2H3. The highest BCUT2D eigenvalue weighted by molar-refractivity contribution is 7.89. The average Bonchev–Trinajstić information content (AvgIpc) is 2.45. The van der Waals surface area contributed by atoms with E-state index < -0.39 is 10.0 Å². The lowest BCUT2D eigenvalue weighted by atomic mass is 10.0. The zero-order valence-corrected chi connectivity index (χ0v) is 12.8. The van der Waals surface area contributed by atoms with Gasteiger partial charge in [-0.25, -0.2) is 13.1 Å². The molecule has 1 aromatic carbocycles. The van der Waals surface area contributed by atoms with Gasteiger partial charge in [0.15, 0.2) is 0 Å². The Morgan fingerprint density at radius 2 is 2.25 bits per heavy atom. The first-order chi connectivity index (χ1) is 9.54. The van der Waals surface area contributed by atoms with Gasteiger partial charge in [0.25, 0.3) is 0 Å². The summed E-state index contributed by atoms with van der Waals surface area (Å²) in [4.78, 5) is 0.403. The molecule has 0 radical (unpaired) electrons. The van der Waals surface area contributed by atoms with Crippen molar-refractivity contribution in [3.63, 3.8) is 0 Å². The van der Waals surface area contributed by atoms with Crippen LogP contribution >= 0.6 is 0 Å². The topological polar surface area (TPSA) is 67.4 Å². The van der Waals surface area contributed by atoms with Gasteiger partial charge in [-0.15, -0.1) is 0 Å². The molecule has 0 bridgehead atoms. The lowest BCUT2D eigenvalue weighted by Crippen LogP contribution is -2.34. The van der Waals surface area contributed by atoms with E-state index in [-0.39, 0.29) is 12.6 Å². The quantitative estimate of drug-likeness (QED) is 0.823. The molecule has 0 aliphatic carbocycles. The van der Waals surface area contributed by atoms with E-state index in [1.165, 1.54) is 0 Å². The van der Waals surface area contributed by atoms with Crippen molar-refractivity contribution in [3.05, 3.63) is 29.3 Å². The van der Waals surface area contributed by atoms with Crippen molar-refractivity contribution in [1.82, 2.24) is 10.0 Å². The fourth-order valence-electron chi connectivity index (χ4n) is 2.40. The van der Waals surface area contributed by atoms with Gasteiger partial charge in [-0.1, -0.05) is 12.1 Å². The monoisotopic (exact) mass is 298 g/mol. The molecule has 1 heterocycles. The second-order valence-electron chi connectivity index (χ2n) is 4.94. The van der Waals surface area contributed by atoms with Crippen LogP contribution < -0.4 is 10.0 Å². The predicted octanol–water partition coefficient (Wildman–Crippen LogP) is 1.04. The van der Waals surface area contributed by atoms with Crippen molar-refractivity contribution in [3.8, 4) is 0 Å². The lowest BCUT2D eigenvalue weighted by molar-refractivity contribution is 0.0799. The third-order valence-electron chi connectivity index (χ3n) is 3.40. The van der Waals surface area contributed by atoms with Gasteiger partial charge >= 0.3 is 0 Å². The Balaban J connectivity index is 2.17. The molecule has 1 unspecified atom stereocenters. The summed E-state index contributed by atoms with van der Waals surface area (Å²) in [7, 11) is -3.47. The fraction of sp³-hybridized carbons (Fsp3) is 0.571. The zero-order valence-electron chi connectivity index (χ0n) is 12.0. The van der Waals surface area contributed by atoms with Crippen LogP contribution in [0.1, 0.15) is 25.0 Å². The number of sulfonamides is 1. The molecule has 0 fully saturated rings. The van der Waals surface area contributed by atoms with Crippen molar-refractivity contribution in [2.45, 2.75) is 37.8 Å². The highest BCUT2D eigenvalue weighted by Gasteiger charge is 2.22. The summed E-state index contributed by atoms with van der Waals surface area (Å²) >= 11 is 0. The van der Waals surface area contributed by atoms with Gasteiger partial charge in [0.05, 0.1) is 11.0 Å². The summed E-state index contributed by atoms with van der Waals surface area (Å²) < 4.78 is 32.8. The number of ether oxygens (including phenoxy) is 1. The Kier molecular flexibility index (Phi) is 5.15. The predicted molar refractivity (Wildman–Crippen MR) is 78.1 cm³/mol. The van der Waals surface area contributed by atoms with Gasteiger partial charge in [-0.2, -0.15) is 0 Å². The number of rotatable bonds is 6. The second kappa shape index (κ2) is 6.67. The lowest BCUT2D eigenvalue weighted by Gasteiger charge is -2.21. The Bertz CT molecular complexity index is 558. The molecule has 2 rings (SSSR count). The molecule has 112 valence electrons. The maximum atomic E-state index is 12.4. The van der Waals surface area contributed by atoms with Crippen LogP contribution in [-0.2, 0) is 27.7 Å². The van der Waals surface area contributed by atoms with Crippen LogP contribution in [0.5, 0.6) is 0 Å². The molecule has 0 saturated carbocycles. The highest BCUT2D eigenvalue weighted by atomic mass is 32.2. The van der Waals surface area contributed by atoms with E-state index in [0.717, 1.165) is 30.6 Å². The summed E-state index contributed by atoms with van der Waals surface area (Å²) in [6.07, 6.45) is 0.615. The number of hydrogen-bond donors (Lipinski definition) is 2. The maximum Gasteiger partial charge on any atom is 0.240 e. The van der Waals surface area contributed by atoms with E-state index in [4.69, 9.17) is 4.74 Å². The van der Waals surface area contributed by atoms with E-state index in [1.807, 2.05) is 19.9 Å². The van der Waals surface area contributed by atoms with E-state index in [9.17, 15) is 8.42 Å². The van der Waals surface area contributed by atoms with E-state index in [1.54, 1.807) is 12.1 Å². The molecular weight excluding hydrogens is 276 g/mol. The minimum atomic E-state index is -3.47. The van der Waals surface area contributed by atoms with Crippen LogP contribution in [0.25, 0.3) is 0 Å². The SMILES string of the molecule is CCOC(C)CNS(=O)(=O)c1cccc2c1CCNC2. The van der Waals surface area contributed by atoms with Crippen molar-refractivity contribution < 1.29 is 13.2 Å². The number of benzene rings is 1. The molecule has 2 N–H and O–H groups in total. The van der Waals surface area contributed by atoms with Gasteiger partial charge in [0, 0.05) is 19.7 Å². The molecular formula is C14H22N2O3S. The molecule has 0 amide bonds. The molecule has 0 aromatic heterocycles. The average molecular weight is 298 g/mol. The molecule has 6 heteroatoms. The third kappa shape index (κ3) is 3.58. The van der Waals surface area contributed by atoms with Gasteiger partial charge in [0.2, 0.25) is 10.0 Å². The number of fused-ring (bicyclic) bond motifs is 1. The second-order valence-corrected chi connectivity index (χ2v) is 6.67. The fourth-order valence-corrected chi connectivity index (χ4v) is 3.82. The number of hydrogen-bond acceptors (Lipinski definition) is 4. The van der Waals surface area contributed by atoms with Crippen LogP contribution in [0.15, 0.2) is 23.1 Å². The van der Waals surface area contributed by atoms with E-state index >= 15 is 0 Å². The first kappa shape index (κ1) is 15.4. The normalized spacial score (nSPS) is 16.7. The summed E-state index contributed by atoms with van der Waals surface area (Å²) in [5.41, 5.74) is 2.00. The molecule has 1 aliphatic rings. The van der Waals surface area contributed by atoms with Crippen molar-refractivity contribution in [1.29, 1.82) is 0 Å². The first-order valence-corrected chi connectivity index (χ1v) is 8.45. The van der Waals surface area contributed by atoms with Gasteiger partial charge in [-0.3, -0.25) is 0 Å². The Labute approximate surface area is 120 Å². The summed E-state index contributed by atoms with van der Waals surface area (Å²) in [5.74, 6) is 0. The molecule has 0 spiro atoms. The summed E-state index contributed by atoms with van der Waals surface area (Å²) in [6, 6.07) is 5.45. The number of nitrogens with one attached hydrogen (secondary N) is 2. The first-order valence-electron chi connectivity index (χ1n) is 6.97. The van der Waals surface area contributed by atoms with Crippen molar-refractivity contribution >= 4 is 10.0 Å². The van der Waals surface area contributed by atoms with Crippen LogP contribution in [-0.4, -0.2) is 34.2 Å². The van der Waals surface area contributed by atoms with Gasteiger partial charge < -0.3 is 10.1 Å².